The Morgan fingerprint density at radius 1 is 0.731 bits per heavy atom. The summed E-state index contributed by atoms with van der Waals surface area (Å²) in [7, 11) is 2.48. The van der Waals surface area contributed by atoms with E-state index in [9.17, 15) is 24.0 Å². The molecule has 1 aliphatic carbocycles. The number of aromatic nitrogens is 2. The number of benzene rings is 3. The summed E-state index contributed by atoms with van der Waals surface area (Å²) in [6.07, 6.45) is 3.38. The second-order valence-electron chi connectivity index (χ2n) is 17.3. The monoisotopic (exact) mass is 999 g/mol. The van der Waals surface area contributed by atoms with Crippen LogP contribution in [0.1, 0.15) is 88.4 Å². The molecule has 14 nitrogen and oxygen atoms in total. The molecule has 4 atom stereocenters. The Kier molecular flexibility index (Phi) is 17.9. The average Bonchev–Trinajstić information content (AvgIpc) is 4.10. The molecule has 4 amide bonds. The van der Waals surface area contributed by atoms with Gasteiger partial charge in [0.2, 0.25) is 11.8 Å². The molecule has 3 aliphatic heterocycles. The van der Waals surface area contributed by atoms with Gasteiger partial charge in [-0.3, -0.25) is 19.4 Å². The molecule has 4 aromatic rings. The van der Waals surface area contributed by atoms with Gasteiger partial charge in [-0.25, -0.2) is 14.6 Å². The molecule has 2 fully saturated rings. The van der Waals surface area contributed by atoms with Gasteiger partial charge in [-0.1, -0.05) is 58.0 Å². The second kappa shape index (κ2) is 21.9. The number of carbonyl (C=O) groups excluding carboxylic acids is 4. The molecule has 0 unspecified atom stereocenters. The number of methoxy groups -OCH3 is 2. The summed E-state index contributed by atoms with van der Waals surface area (Å²) in [5.74, 6) is -3.94. The van der Waals surface area contributed by atoms with E-state index < -0.39 is 41.8 Å². The Morgan fingerprint density at radius 2 is 1.22 bits per heavy atom. The van der Waals surface area contributed by atoms with Gasteiger partial charge in [-0.15, -0.1) is 0 Å². The van der Waals surface area contributed by atoms with Crippen molar-refractivity contribution in [3.05, 3.63) is 93.7 Å². The van der Waals surface area contributed by atoms with Crippen LogP contribution in [0.4, 0.5) is 18.4 Å². The molecule has 362 valence electrons. The number of rotatable bonds is 10. The SMILES string of the molecule is COC(=O)N[C@H](C(=O)N1CCC[C@H]1C1=NC=C(c2ccc3c(c2)C(F)(F)c2cc(-c4ccc5c(=O)[nH]c([C@@H]6CCCN6C(=O)[C@@H](NC(=O)OC)C(C)C)nc5c4)ccc2-3)C1)C(C)C.S.S.S.S. The zero-order valence-electron chi connectivity index (χ0n) is 38.1. The maximum atomic E-state index is 16.6. The third kappa shape index (κ3) is 10.4. The lowest BCUT2D eigenvalue weighted by atomic mass is 9.94. The van der Waals surface area contributed by atoms with Crippen LogP contribution in [0, 0.1) is 11.8 Å². The number of carbonyl (C=O) groups is 4. The molecular formula is C47H59F2N7O7S4. The van der Waals surface area contributed by atoms with Crippen LogP contribution in [0.3, 0.4) is 0 Å². The van der Waals surface area contributed by atoms with E-state index in [1.54, 1.807) is 52.4 Å². The molecule has 4 aliphatic rings. The van der Waals surface area contributed by atoms with E-state index in [1.807, 2.05) is 33.8 Å². The first kappa shape index (κ1) is 54.6. The van der Waals surface area contributed by atoms with Crippen LogP contribution in [-0.2, 0) is 25.0 Å². The number of aliphatic imine (C=N–C) groups is 1. The van der Waals surface area contributed by atoms with Crippen LogP contribution < -0.4 is 16.2 Å². The lowest BCUT2D eigenvalue weighted by molar-refractivity contribution is -0.135. The number of halogens is 2. The molecule has 2 saturated heterocycles. The number of alkyl carbamates (subject to hydrolysis) is 2. The van der Waals surface area contributed by atoms with Gasteiger partial charge < -0.3 is 34.9 Å². The molecule has 20 heteroatoms. The van der Waals surface area contributed by atoms with Crippen LogP contribution in [-0.4, -0.2) is 94.9 Å². The fourth-order valence-electron chi connectivity index (χ4n) is 9.37. The molecule has 1 aromatic heterocycles. The van der Waals surface area contributed by atoms with Gasteiger partial charge in [0.05, 0.1) is 37.2 Å². The fourth-order valence-corrected chi connectivity index (χ4v) is 9.37. The highest BCUT2D eigenvalue weighted by molar-refractivity contribution is 7.59. The van der Waals surface area contributed by atoms with E-state index in [2.05, 4.69) is 15.6 Å². The predicted octanol–water partition coefficient (Wildman–Crippen LogP) is 7.76. The summed E-state index contributed by atoms with van der Waals surface area (Å²) in [5.41, 5.74) is 3.85. The van der Waals surface area contributed by atoms with Crippen LogP contribution in [0.2, 0.25) is 0 Å². The van der Waals surface area contributed by atoms with E-state index in [1.165, 1.54) is 26.4 Å². The van der Waals surface area contributed by atoms with Crippen molar-refractivity contribution >= 4 is 100 Å². The normalized spacial score (nSPS) is 18.5. The van der Waals surface area contributed by atoms with Crippen LogP contribution in [0.25, 0.3) is 38.7 Å². The first-order chi connectivity index (χ1) is 30.1. The van der Waals surface area contributed by atoms with E-state index in [4.69, 9.17) is 19.5 Å². The number of nitrogens with one attached hydrogen (secondary N) is 3. The van der Waals surface area contributed by atoms with Crippen molar-refractivity contribution < 1.29 is 37.4 Å². The number of hydrogen-bond donors (Lipinski definition) is 3. The fraction of sp³-hybridized carbons (Fsp3) is 0.426. The Morgan fingerprint density at radius 3 is 1.78 bits per heavy atom. The Labute approximate surface area is 415 Å². The van der Waals surface area contributed by atoms with Crippen molar-refractivity contribution in [2.24, 2.45) is 16.8 Å². The van der Waals surface area contributed by atoms with Gasteiger partial charge in [0.25, 0.3) is 11.5 Å². The topological polar surface area (TPSA) is 175 Å². The van der Waals surface area contributed by atoms with Gasteiger partial charge in [-0.2, -0.15) is 62.8 Å². The highest BCUT2D eigenvalue weighted by Gasteiger charge is 2.45. The minimum absolute atomic E-state index is 0. The zero-order chi connectivity index (χ0) is 44.9. The molecule has 0 saturated carbocycles. The van der Waals surface area contributed by atoms with Crippen molar-refractivity contribution in [3.8, 4) is 22.3 Å². The number of aromatic amines is 1. The van der Waals surface area contributed by atoms with Crippen LogP contribution in [0.15, 0.2) is 70.6 Å². The Balaban J connectivity index is 0.00000245. The summed E-state index contributed by atoms with van der Waals surface area (Å²) in [5, 5.41) is 5.60. The summed E-state index contributed by atoms with van der Waals surface area (Å²) in [6, 6.07) is 12.7. The van der Waals surface area contributed by atoms with Gasteiger partial charge in [0.1, 0.15) is 17.9 Å². The third-order valence-corrected chi connectivity index (χ3v) is 12.7. The minimum atomic E-state index is -3.32. The van der Waals surface area contributed by atoms with Crippen molar-refractivity contribution in [3.63, 3.8) is 0 Å². The highest BCUT2D eigenvalue weighted by atomic mass is 32.1. The highest BCUT2D eigenvalue weighted by Crippen LogP contribution is 2.53. The second-order valence-corrected chi connectivity index (χ2v) is 17.3. The van der Waals surface area contributed by atoms with Gasteiger partial charge in [-0.05, 0) is 95.2 Å². The standard InChI is InChI=1S/C47H51F2N7O7.4H2S/c1-24(2)39(52-45(60)62-5)43(58)55-17-7-9-37(55)36-22-29(23-50-36)27-12-15-31-30-14-11-26(19-33(30)47(48,49)34(31)20-27)28-13-16-32-35(21-28)51-41(54-42(32)57)38-10-8-18-56(38)44(59)40(25(3)4)53-46(61)63-6;;;;/h11-16,19-21,23-25,37-40H,7-10,17-18,22H2,1-6H3,(H,52,60)(H,53,61)(H,51,54,57);4*1H2/t37-,38-,39-,40-;;;;/m0..../s1. The third-order valence-electron chi connectivity index (χ3n) is 12.7. The lowest BCUT2D eigenvalue weighted by Crippen LogP contribution is -2.53. The molecule has 0 bridgehead atoms. The molecular weight excluding hydrogens is 941 g/mol. The number of hydrogen-bond acceptors (Lipinski definition) is 9. The van der Waals surface area contributed by atoms with Crippen molar-refractivity contribution in [1.29, 1.82) is 0 Å². The van der Waals surface area contributed by atoms with E-state index >= 15 is 8.78 Å². The number of nitrogens with zero attached hydrogens (tertiary/aromatic N) is 4. The number of allylic oxidation sites excluding steroid dienone is 1. The quantitative estimate of drug-likeness (QED) is 0.145. The number of amides is 4. The maximum Gasteiger partial charge on any atom is 0.407 e. The first-order valence-electron chi connectivity index (χ1n) is 21.4. The molecule has 3 N–H and O–H groups in total. The maximum absolute atomic E-state index is 16.6. The van der Waals surface area contributed by atoms with Gasteiger partial charge in [0.15, 0.2) is 0 Å². The van der Waals surface area contributed by atoms with Crippen LogP contribution in [0.5, 0.6) is 0 Å². The van der Waals surface area contributed by atoms with Gasteiger partial charge in [0, 0.05) is 42.5 Å². The smallest absolute Gasteiger partial charge is 0.407 e. The first-order valence-corrected chi connectivity index (χ1v) is 21.4. The van der Waals surface area contributed by atoms with Crippen LogP contribution >= 0.6 is 54.0 Å². The Hall–Kier alpha value is -5.05. The van der Waals surface area contributed by atoms with Crippen molar-refractivity contribution in [2.75, 3.05) is 27.3 Å². The molecule has 67 heavy (non-hydrogen) atoms. The number of ether oxygens (including phenoxy) is 2. The molecule has 3 aromatic carbocycles. The van der Waals surface area contributed by atoms with E-state index in [-0.39, 0.29) is 94.8 Å². The van der Waals surface area contributed by atoms with Gasteiger partial charge >= 0.3 is 12.2 Å². The molecule has 4 heterocycles. The lowest BCUT2D eigenvalue weighted by Gasteiger charge is -2.31. The summed E-state index contributed by atoms with van der Waals surface area (Å²) in [6.45, 7) is 8.28. The number of alkyl halides is 2. The number of likely N-dealkylation sites (tertiary alicyclic amines) is 2. The predicted molar refractivity (Wildman–Crippen MR) is 275 cm³/mol. The largest absolute Gasteiger partial charge is 0.453 e. The molecule has 8 rings (SSSR count). The van der Waals surface area contributed by atoms with E-state index in [0.29, 0.717) is 83.3 Å². The molecule has 0 radical (unpaired) electrons. The summed E-state index contributed by atoms with van der Waals surface area (Å²) in [4.78, 5) is 80.6. The molecule has 0 spiro atoms. The minimum Gasteiger partial charge on any atom is -0.453 e. The summed E-state index contributed by atoms with van der Waals surface area (Å²) >= 11 is 0. The van der Waals surface area contributed by atoms with E-state index in [0.717, 1.165) is 17.7 Å². The average molecular weight is 1000 g/mol. The Bertz CT molecular complexity index is 2660. The summed E-state index contributed by atoms with van der Waals surface area (Å²) < 4.78 is 42.7. The van der Waals surface area contributed by atoms with Crippen molar-refractivity contribution in [2.45, 2.75) is 89.9 Å². The van der Waals surface area contributed by atoms with Crippen molar-refractivity contribution in [1.82, 2.24) is 30.4 Å². The number of fused-ring (bicyclic) bond motifs is 4. The number of H-pyrrole nitrogens is 1. The zero-order valence-corrected chi connectivity index (χ0v) is 42.1.